The molecule has 0 bridgehead atoms. The maximum absolute atomic E-state index is 12.2. The Morgan fingerprint density at radius 2 is 1.96 bits per heavy atom. The van der Waals surface area contributed by atoms with Gasteiger partial charge in [0, 0.05) is 30.8 Å². The molecule has 0 aliphatic rings. The normalized spacial score (nSPS) is 10.4. The van der Waals surface area contributed by atoms with Crippen LogP contribution in [-0.4, -0.2) is 28.2 Å². The zero-order valence-corrected chi connectivity index (χ0v) is 14.4. The summed E-state index contributed by atoms with van der Waals surface area (Å²) in [6, 6.07) is 8.67. The van der Waals surface area contributed by atoms with Crippen molar-refractivity contribution in [1.82, 2.24) is 9.78 Å². The van der Waals surface area contributed by atoms with Crippen molar-refractivity contribution >= 4 is 17.6 Å². The Bertz CT molecular complexity index is 695. The summed E-state index contributed by atoms with van der Waals surface area (Å²) >= 11 is 0. The zero-order valence-electron chi connectivity index (χ0n) is 14.4. The van der Waals surface area contributed by atoms with Gasteiger partial charge in [-0.25, -0.2) is 0 Å². The fourth-order valence-corrected chi connectivity index (χ4v) is 2.21. The van der Waals surface area contributed by atoms with Crippen molar-refractivity contribution < 1.29 is 14.3 Å². The number of ether oxygens (including phenoxy) is 1. The summed E-state index contributed by atoms with van der Waals surface area (Å²) in [5.74, 6) is 0.536. The van der Waals surface area contributed by atoms with Crippen molar-refractivity contribution in [3.8, 4) is 5.75 Å². The molecule has 0 saturated carbocycles. The molecule has 1 aromatic carbocycles. The van der Waals surface area contributed by atoms with Crippen LogP contribution < -0.4 is 15.8 Å². The van der Waals surface area contributed by atoms with E-state index in [1.54, 1.807) is 41.2 Å². The number of carbonyl (C=O) groups excluding carboxylic acids is 2. The number of carbonyl (C=O) groups is 2. The lowest BCUT2D eigenvalue weighted by Crippen LogP contribution is -2.15. The first-order chi connectivity index (χ1) is 12.1. The van der Waals surface area contributed by atoms with Gasteiger partial charge >= 0.3 is 0 Å². The van der Waals surface area contributed by atoms with E-state index in [-0.39, 0.29) is 12.3 Å². The minimum absolute atomic E-state index is 0.203. The molecule has 0 spiro atoms. The van der Waals surface area contributed by atoms with E-state index in [0.29, 0.717) is 24.5 Å². The highest BCUT2D eigenvalue weighted by Gasteiger charge is 2.08. The van der Waals surface area contributed by atoms with Crippen LogP contribution in [0.1, 0.15) is 43.0 Å². The number of nitrogens with two attached hydrogens (primary N) is 1. The number of nitrogens with one attached hydrogen (secondary N) is 1. The third-order valence-electron chi connectivity index (χ3n) is 3.60. The average molecular weight is 344 g/mol. The summed E-state index contributed by atoms with van der Waals surface area (Å²) in [6.45, 7) is 3.21. The number of hydrogen-bond acceptors (Lipinski definition) is 4. The molecule has 0 unspecified atom stereocenters. The smallest absolute Gasteiger partial charge is 0.256 e. The van der Waals surface area contributed by atoms with Crippen molar-refractivity contribution in [2.24, 2.45) is 5.73 Å². The van der Waals surface area contributed by atoms with Crippen LogP contribution in [0, 0.1) is 0 Å². The Balaban J connectivity index is 1.85. The first-order valence-corrected chi connectivity index (χ1v) is 8.44. The van der Waals surface area contributed by atoms with Crippen LogP contribution in [0.25, 0.3) is 0 Å². The number of hydrogen-bond donors (Lipinski definition) is 2. The van der Waals surface area contributed by atoms with Gasteiger partial charge < -0.3 is 15.8 Å². The maximum Gasteiger partial charge on any atom is 0.256 e. The molecular weight excluding hydrogens is 320 g/mol. The molecule has 134 valence electrons. The van der Waals surface area contributed by atoms with E-state index in [1.165, 1.54) is 0 Å². The molecule has 1 heterocycles. The lowest BCUT2D eigenvalue weighted by molar-refractivity contribution is -0.118. The monoisotopic (exact) mass is 344 g/mol. The Morgan fingerprint density at radius 1 is 1.20 bits per heavy atom. The molecule has 2 amide bonds. The predicted molar refractivity (Wildman–Crippen MR) is 95.5 cm³/mol. The number of rotatable bonds is 10. The van der Waals surface area contributed by atoms with Gasteiger partial charge in [-0.3, -0.25) is 14.3 Å². The maximum atomic E-state index is 12.2. The van der Waals surface area contributed by atoms with Crippen LogP contribution in [0.3, 0.4) is 0 Å². The van der Waals surface area contributed by atoms with Gasteiger partial charge in [0.25, 0.3) is 5.91 Å². The molecule has 0 radical (unpaired) electrons. The second-order valence-corrected chi connectivity index (χ2v) is 5.71. The van der Waals surface area contributed by atoms with Crippen LogP contribution in [0.15, 0.2) is 36.5 Å². The summed E-state index contributed by atoms with van der Waals surface area (Å²) in [6.07, 6.45) is 5.21. The standard InChI is InChI=1S/C18H24N4O3/c1-2-3-4-13-25-15-7-5-14(6-8-15)18(24)20-17-10-12-22(21-17)11-9-16(19)23/h5-8,10,12H,2-4,9,11,13H2,1H3,(H2,19,23)(H,20,21,24). The van der Waals surface area contributed by atoms with E-state index in [4.69, 9.17) is 10.5 Å². The van der Waals surface area contributed by atoms with Crippen molar-refractivity contribution in [2.75, 3.05) is 11.9 Å². The van der Waals surface area contributed by atoms with Gasteiger partial charge in [-0.15, -0.1) is 0 Å². The summed E-state index contributed by atoms with van der Waals surface area (Å²) in [5, 5.41) is 6.89. The molecular formula is C18H24N4O3. The molecule has 7 heteroatoms. The Morgan fingerprint density at radius 3 is 2.64 bits per heavy atom. The van der Waals surface area contributed by atoms with Crippen molar-refractivity contribution in [3.05, 3.63) is 42.1 Å². The van der Waals surface area contributed by atoms with E-state index in [9.17, 15) is 9.59 Å². The predicted octanol–water partition coefficient (Wildman–Crippen LogP) is 2.58. The summed E-state index contributed by atoms with van der Waals surface area (Å²) in [7, 11) is 0. The average Bonchev–Trinajstić information content (AvgIpc) is 3.05. The first-order valence-electron chi connectivity index (χ1n) is 8.44. The third kappa shape index (κ3) is 6.29. The number of nitrogens with zero attached hydrogens (tertiary/aromatic N) is 2. The van der Waals surface area contributed by atoms with E-state index in [0.717, 1.165) is 25.0 Å². The molecule has 0 saturated heterocycles. The van der Waals surface area contributed by atoms with Gasteiger partial charge in [-0.05, 0) is 30.7 Å². The summed E-state index contributed by atoms with van der Waals surface area (Å²) in [4.78, 5) is 23.0. The highest BCUT2D eigenvalue weighted by Crippen LogP contribution is 2.14. The fourth-order valence-electron chi connectivity index (χ4n) is 2.21. The zero-order chi connectivity index (χ0) is 18.1. The van der Waals surface area contributed by atoms with Crippen LogP contribution in [0.4, 0.5) is 5.82 Å². The highest BCUT2D eigenvalue weighted by atomic mass is 16.5. The second-order valence-electron chi connectivity index (χ2n) is 5.71. The van der Waals surface area contributed by atoms with Gasteiger partial charge in [0.2, 0.25) is 5.91 Å². The molecule has 2 aromatic rings. The van der Waals surface area contributed by atoms with Gasteiger partial charge in [-0.2, -0.15) is 5.10 Å². The number of aryl methyl sites for hydroxylation is 1. The Kier molecular flexibility index (Phi) is 7.00. The van der Waals surface area contributed by atoms with Gasteiger partial charge in [0.1, 0.15) is 5.75 Å². The molecule has 0 atom stereocenters. The van der Waals surface area contributed by atoms with Crippen LogP contribution in [0.5, 0.6) is 5.75 Å². The number of unbranched alkanes of at least 4 members (excludes halogenated alkanes) is 2. The fraction of sp³-hybridized carbons (Fsp3) is 0.389. The molecule has 2 rings (SSSR count). The van der Waals surface area contributed by atoms with Crippen LogP contribution in [0.2, 0.25) is 0 Å². The number of primary amides is 1. The first kappa shape index (κ1) is 18.5. The van der Waals surface area contributed by atoms with Crippen LogP contribution in [-0.2, 0) is 11.3 Å². The van der Waals surface area contributed by atoms with Crippen molar-refractivity contribution in [3.63, 3.8) is 0 Å². The minimum Gasteiger partial charge on any atom is -0.494 e. The SMILES string of the molecule is CCCCCOc1ccc(C(=O)Nc2ccn(CCC(N)=O)n2)cc1. The second kappa shape index (κ2) is 9.46. The molecule has 7 nitrogen and oxygen atoms in total. The van der Waals surface area contributed by atoms with Gasteiger partial charge in [-0.1, -0.05) is 19.8 Å². The van der Waals surface area contributed by atoms with E-state index < -0.39 is 5.91 Å². The molecule has 25 heavy (non-hydrogen) atoms. The molecule has 1 aromatic heterocycles. The lowest BCUT2D eigenvalue weighted by atomic mass is 10.2. The Labute approximate surface area is 147 Å². The van der Waals surface area contributed by atoms with Crippen molar-refractivity contribution in [1.29, 1.82) is 0 Å². The number of aromatic nitrogens is 2. The van der Waals surface area contributed by atoms with E-state index in [1.807, 2.05) is 0 Å². The largest absolute Gasteiger partial charge is 0.494 e. The number of benzene rings is 1. The third-order valence-corrected chi connectivity index (χ3v) is 3.60. The number of amides is 2. The van der Waals surface area contributed by atoms with E-state index in [2.05, 4.69) is 17.3 Å². The number of anilines is 1. The summed E-state index contributed by atoms with van der Waals surface area (Å²) in [5.41, 5.74) is 5.62. The molecule has 3 N–H and O–H groups in total. The summed E-state index contributed by atoms with van der Waals surface area (Å²) < 4.78 is 7.19. The molecule has 0 aliphatic carbocycles. The highest BCUT2D eigenvalue weighted by molar-refractivity contribution is 6.03. The lowest BCUT2D eigenvalue weighted by Gasteiger charge is -2.07. The van der Waals surface area contributed by atoms with Gasteiger partial charge in [0.15, 0.2) is 5.82 Å². The van der Waals surface area contributed by atoms with E-state index >= 15 is 0 Å². The molecule has 0 fully saturated rings. The minimum atomic E-state index is -0.391. The van der Waals surface area contributed by atoms with Crippen LogP contribution >= 0.6 is 0 Å². The molecule has 0 aliphatic heterocycles. The quantitative estimate of drug-likeness (QED) is 0.647. The van der Waals surface area contributed by atoms with Gasteiger partial charge in [0.05, 0.1) is 6.61 Å². The van der Waals surface area contributed by atoms with Crippen molar-refractivity contribution in [2.45, 2.75) is 39.2 Å². The Hall–Kier alpha value is -2.83. The topological polar surface area (TPSA) is 99.2 Å².